The van der Waals surface area contributed by atoms with Gasteiger partial charge in [0, 0.05) is 18.1 Å². The fraction of sp³-hybridized carbons (Fsp3) is 0.269. The molecule has 1 atom stereocenters. The number of fused-ring (bicyclic) bond motifs is 1. The Hall–Kier alpha value is -3.42. The van der Waals surface area contributed by atoms with E-state index in [9.17, 15) is 40.3 Å². The zero-order valence-corrected chi connectivity index (χ0v) is 21.8. The molecule has 40 heavy (non-hydrogen) atoms. The molecule has 0 unspecified atom stereocenters. The summed E-state index contributed by atoms with van der Waals surface area (Å²) < 4.78 is 108. The molecule has 1 fully saturated rings. The molecule has 2 aliphatic heterocycles. The maximum absolute atomic E-state index is 14.1. The number of carboxylic acid groups (broad SMARTS) is 1. The van der Waals surface area contributed by atoms with E-state index < -0.39 is 67.3 Å². The van der Waals surface area contributed by atoms with Crippen molar-refractivity contribution in [2.75, 3.05) is 24.1 Å². The van der Waals surface area contributed by atoms with Gasteiger partial charge in [-0.05, 0) is 42.0 Å². The van der Waals surface area contributed by atoms with Gasteiger partial charge in [-0.3, -0.25) is 9.10 Å². The van der Waals surface area contributed by atoms with Gasteiger partial charge in [0.15, 0.2) is 0 Å². The fourth-order valence-corrected chi connectivity index (χ4v) is 6.42. The highest BCUT2D eigenvalue weighted by molar-refractivity contribution is 7.92. The van der Waals surface area contributed by atoms with Gasteiger partial charge < -0.3 is 14.6 Å². The number of benzene rings is 3. The summed E-state index contributed by atoms with van der Waals surface area (Å²) in [5.74, 6) is -3.20. The molecule has 0 saturated carbocycles. The highest BCUT2D eigenvalue weighted by Gasteiger charge is 2.50. The van der Waals surface area contributed by atoms with Gasteiger partial charge in [0.05, 0.1) is 40.9 Å². The second kappa shape index (κ2) is 9.89. The molecule has 0 bridgehead atoms. The number of rotatable bonds is 6. The molecule has 1 N–H and O–H groups in total. The predicted molar refractivity (Wildman–Crippen MR) is 133 cm³/mol. The van der Waals surface area contributed by atoms with Gasteiger partial charge in [-0.15, -0.1) is 0 Å². The van der Waals surface area contributed by atoms with Crippen LogP contribution in [0.2, 0.25) is 5.02 Å². The first kappa shape index (κ1) is 28.1. The van der Waals surface area contributed by atoms with Gasteiger partial charge >= 0.3 is 12.1 Å². The maximum atomic E-state index is 14.1. The number of sulfonamides is 1. The molecule has 5 rings (SSSR count). The van der Waals surface area contributed by atoms with E-state index in [1.807, 2.05) is 0 Å². The van der Waals surface area contributed by atoms with E-state index in [1.54, 1.807) is 0 Å². The second-order valence-electron chi connectivity index (χ2n) is 9.52. The molecule has 1 saturated heterocycles. The number of halogens is 6. The van der Waals surface area contributed by atoms with Gasteiger partial charge in [0.1, 0.15) is 28.9 Å². The Kier molecular flexibility index (Phi) is 6.95. The van der Waals surface area contributed by atoms with Crippen molar-refractivity contribution in [3.8, 4) is 16.9 Å². The summed E-state index contributed by atoms with van der Waals surface area (Å²) in [7, 11) is -4.69. The molecular weight excluding hydrogens is 585 g/mol. The van der Waals surface area contributed by atoms with Crippen LogP contribution in [0, 0.1) is 17.0 Å². The lowest BCUT2D eigenvalue weighted by Gasteiger charge is -2.42. The van der Waals surface area contributed by atoms with Gasteiger partial charge in [-0.25, -0.2) is 17.2 Å². The highest BCUT2D eigenvalue weighted by atomic mass is 35.5. The lowest BCUT2D eigenvalue weighted by Crippen LogP contribution is -2.54. The second-order valence-corrected chi connectivity index (χ2v) is 11.8. The third-order valence-corrected chi connectivity index (χ3v) is 8.93. The summed E-state index contributed by atoms with van der Waals surface area (Å²) in [6, 6.07) is 8.59. The quantitative estimate of drug-likeness (QED) is 0.285. The van der Waals surface area contributed by atoms with Crippen LogP contribution in [0.5, 0.6) is 5.75 Å². The Labute approximate surface area is 229 Å². The van der Waals surface area contributed by atoms with Gasteiger partial charge in [0.25, 0.3) is 10.0 Å². The molecule has 0 amide bonds. The fourth-order valence-electron chi connectivity index (χ4n) is 4.65. The Bertz CT molecular complexity index is 1610. The molecule has 3 aromatic rings. The van der Waals surface area contributed by atoms with E-state index >= 15 is 0 Å². The van der Waals surface area contributed by atoms with Crippen molar-refractivity contribution in [1.29, 1.82) is 0 Å². The third-order valence-electron chi connectivity index (χ3n) is 6.77. The van der Waals surface area contributed by atoms with Crippen molar-refractivity contribution in [2.45, 2.75) is 23.6 Å². The number of aliphatic carboxylic acids is 1. The zero-order chi connectivity index (χ0) is 29.0. The first-order chi connectivity index (χ1) is 18.7. The van der Waals surface area contributed by atoms with Crippen LogP contribution in [0.4, 0.5) is 27.6 Å². The SMILES string of the molecule is O=C(O)C1(C[C@H]2CN(S(=O)(=O)c3cccc(C(F)(F)F)c3)c3cc(-c4cc(F)cc(F)c4Cl)ccc3O2)COC1. The number of ether oxygens (including phenoxy) is 2. The molecule has 2 aliphatic rings. The first-order valence-electron chi connectivity index (χ1n) is 11.7. The Balaban J connectivity index is 1.63. The Morgan fingerprint density at radius 2 is 1.82 bits per heavy atom. The third kappa shape index (κ3) is 4.97. The van der Waals surface area contributed by atoms with E-state index in [0.717, 1.165) is 28.6 Å². The minimum atomic E-state index is -4.82. The van der Waals surface area contributed by atoms with E-state index in [1.165, 1.54) is 18.2 Å². The number of hydrogen-bond acceptors (Lipinski definition) is 5. The smallest absolute Gasteiger partial charge is 0.416 e. The summed E-state index contributed by atoms with van der Waals surface area (Å²) >= 11 is 6.03. The lowest BCUT2D eigenvalue weighted by atomic mass is 9.80. The average Bonchev–Trinajstić information content (AvgIpc) is 2.87. The molecule has 212 valence electrons. The van der Waals surface area contributed by atoms with E-state index in [4.69, 9.17) is 21.1 Å². The van der Waals surface area contributed by atoms with Crippen molar-refractivity contribution in [3.05, 3.63) is 76.8 Å². The molecule has 14 heteroatoms. The maximum Gasteiger partial charge on any atom is 0.416 e. The molecule has 0 radical (unpaired) electrons. The van der Waals surface area contributed by atoms with Crippen molar-refractivity contribution < 1.29 is 49.7 Å². The van der Waals surface area contributed by atoms with Crippen molar-refractivity contribution in [1.82, 2.24) is 0 Å². The number of carboxylic acids is 1. The first-order valence-corrected chi connectivity index (χ1v) is 13.5. The zero-order valence-electron chi connectivity index (χ0n) is 20.2. The number of anilines is 1. The van der Waals surface area contributed by atoms with Crippen LogP contribution in [0.1, 0.15) is 12.0 Å². The van der Waals surface area contributed by atoms with E-state index in [2.05, 4.69) is 0 Å². The normalized spacial score (nSPS) is 18.4. The molecule has 0 aromatic heterocycles. The largest absolute Gasteiger partial charge is 0.486 e. The van der Waals surface area contributed by atoms with Crippen LogP contribution in [-0.2, 0) is 25.7 Å². The van der Waals surface area contributed by atoms with Crippen LogP contribution in [-0.4, -0.2) is 45.4 Å². The standard InChI is InChI=1S/C26H19ClF5NO6S/c27-23-19(8-16(28)9-20(23)29)14-4-5-22-21(6-14)33(11-17(39-22)10-25(24(34)35)12-38-13-25)40(36,37)18-3-1-2-15(7-18)26(30,31)32/h1-9,17H,10-13H2,(H,34,35)/t17-/m0/s1. The van der Waals surface area contributed by atoms with E-state index in [0.29, 0.717) is 12.1 Å². The monoisotopic (exact) mass is 603 g/mol. The lowest BCUT2D eigenvalue weighted by molar-refractivity contribution is -0.184. The minimum Gasteiger partial charge on any atom is -0.486 e. The van der Waals surface area contributed by atoms with Crippen molar-refractivity contribution in [3.63, 3.8) is 0 Å². The topological polar surface area (TPSA) is 93.1 Å². The summed E-state index contributed by atoms with van der Waals surface area (Å²) in [4.78, 5) is 11.2. The molecule has 0 aliphatic carbocycles. The molecule has 0 spiro atoms. The Morgan fingerprint density at radius 1 is 1.10 bits per heavy atom. The van der Waals surface area contributed by atoms with E-state index in [-0.39, 0.29) is 42.2 Å². The van der Waals surface area contributed by atoms with Crippen molar-refractivity contribution in [2.24, 2.45) is 5.41 Å². The van der Waals surface area contributed by atoms with Crippen LogP contribution in [0.25, 0.3) is 11.1 Å². The van der Waals surface area contributed by atoms with Crippen LogP contribution in [0.3, 0.4) is 0 Å². The summed E-state index contributed by atoms with van der Waals surface area (Å²) in [6.45, 7) is -0.717. The number of nitrogens with zero attached hydrogens (tertiary/aromatic N) is 1. The number of carbonyl (C=O) groups is 1. The van der Waals surface area contributed by atoms with Crippen LogP contribution >= 0.6 is 11.6 Å². The average molecular weight is 604 g/mol. The highest BCUT2D eigenvalue weighted by Crippen LogP contribution is 2.44. The van der Waals surface area contributed by atoms with Gasteiger partial charge in [-0.2, -0.15) is 13.2 Å². The van der Waals surface area contributed by atoms with Crippen molar-refractivity contribution >= 4 is 33.3 Å². The summed E-state index contributed by atoms with van der Waals surface area (Å²) in [5, 5.41) is 9.27. The Morgan fingerprint density at radius 3 is 2.45 bits per heavy atom. The number of hydrogen-bond donors (Lipinski definition) is 1. The molecule has 3 aromatic carbocycles. The van der Waals surface area contributed by atoms with Crippen LogP contribution in [0.15, 0.2) is 59.5 Å². The predicted octanol–water partition coefficient (Wildman–Crippen LogP) is 5.75. The van der Waals surface area contributed by atoms with Gasteiger partial charge in [-0.1, -0.05) is 23.7 Å². The number of alkyl halides is 3. The van der Waals surface area contributed by atoms with Gasteiger partial charge in [0.2, 0.25) is 0 Å². The molecular formula is C26H19ClF5NO6S. The molecule has 2 heterocycles. The summed E-state index contributed by atoms with van der Waals surface area (Å²) in [6.07, 6.45) is -5.99. The summed E-state index contributed by atoms with van der Waals surface area (Å²) in [5.41, 5.74) is -2.66. The molecule has 7 nitrogen and oxygen atoms in total. The van der Waals surface area contributed by atoms with Crippen LogP contribution < -0.4 is 9.04 Å². The minimum absolute atomic E-state index is 0.0377.